The zero-order valence-electron chi connectivity index (χ0n) is 16.9. The fourth-order valence-corrected chi connectivity index (χ4v) is 2.81. The van der Waals surface area contributed by atoms with Gasteiger partial charge >= 0.3 is 0 Å². The zero-order valence-corrected chi connectivity index (χ0v) is 18.5. The summed E-state index contributed by atoms with van der Waals surface area (Å²) in [6.07, 6.45) is 0. The summed E-state index contributed by atoms with van der Waals surface area (Å²) in [5.41, 5.74) is 0. The molecule has 126 valence electrons. The van der Waals surface area contributed by atoms with Crippen LogP contribution >= 0.6 is 0 Å². The van der Waals surface area contributed by atoms with Crippen LogP contribution in [0.15, 0.2) is 0 Å². The second kappa shape index (κ2) is 11.4. The number of hydrogen-bond donors (Lipinski definition) is 0. The molecule has 12 radical (unpaired) electrons. The molecule has 0 heterocycles. The van der Waals surface area contributed by atoms with E-state index in [9.17, 15) is 0 Å². The van der Waals surface area contributed by atoms with Gasteiger partial charge in [-0.25, -0.2) is 0 Å². The van der Waals surface area contributed by atoms with Crippen molar-refractivity contribution in [3.05, 3.63) is 73.0 Å². The van der Waals surface area contributed by atoms with E-state index in [0.717, 1.165) is 0 Å². The molecular weight excluding hydrogens is 312 g/mol. The Hall–Kier alpha value is 0.714. The molecule has 0 spiro atoms. The van der Waals surface area contributed by atoms with Gasteiger partial charge in [0.05, 0.1) is 0 Å². The molecule has 0 aromatic rings. The standard InChI is InChI=1S/2C10H15.C2H4.Ti/c2*1-6-7(2)9(4)10(5)8(6)3;1-2;/h2*1-5H3;1-2H2;. The van der Waals surface area contributed by atoms with Gasteiger partial charge < -0.3 is 0 Å². The van der Waals surface area contributed by atoms with E-state index in [2.05, 4.69) is 83.1 Å². The Morgan fingerprint density at radius 1 is 0.304 bits per heavy atom. The maximum Gasteiger partial charge on any atom is 0 e. The molecule has 2 fully saturated rings. The van der Waals surface area contributed by atoms with Crippen molar-refractivity contribution in [2.24, 2.45) is 0 Å². The van der Waals surface area contributed by atoms with Crippen molar-refractivity contribution in [1.29, 1.82) is 0 Å². The molecule has 0 aromatic carbocycles. The van der Waals surface area contributed by atoms with Crippen molar-refractivity contribution >= 4 is 0 Å². The molecule has 2 saturated carbocycles. The summed E-state index contributed by atoms with van der Waals surface area (Å²) in [6, 6.07) is 0. The third-order valence-electron chi connectivity index (χ3n) is 5.62. The molecule has 0 amide bonds. The van der Waals surface area contributed by atoms with Crippen molar-refractivity contribution in [2.75, 3.05) is 0 Å². The predicted molar refractivity (Wildman–Crippen MR) is 99.9 cm³/mol. The summed E-state index contributed by atoms with van der Waals surface area (Å²) in [5.74, 6) is 14.7. The van der Waals surface area contributed by atoms with Crippen LogP contribution < -0.4 is 0 Å². The topological polar surface area (TPSA) is 0 Å². The summed E-state index contributed by atoms with van der Waals surface area (Å²) in [4.78, 5) is 0. The molecule has 0 unspecified atom stereocenters. The monoisotopic (exact) mass is 346 g/mol. The van der Waals surface area contributed by atoms with Crippen LogP contribution in [0.5, 0.6) is 0 Å². The minimum absolute atomic E-state index is 0. The SMILES string of the molecule is C[C]1[C](C)[C](C)[C](C)[C]1C.C[C]1[C](C)[C](C)[C](C)[C]1C.[CH2][CH2].[Ti]. The Labute approximate surface area is 163 Å². The van der Waals surface area contributed by atoms with Gasteiger partial charge in [-0.15, -0.1) is 0 Å². The second-order valence-electron chi connectivity index (χ2n) is 6.25. The summed E-state index contributed by atoms with van der Waals surface area (Å²) < 4.78 is 0. The van der Waals surface area contributed by atoms with Gasteiger partial charge in [-0.2, -0.15) is 0 Å². The summed E-state index contributed by atoms with van der Waals surface area (Å²) >= 11 is 0. The Balaban J connectivity index is 0. The summed E-state index contributed by atoms with van der Waals surface area (Å²) in [6.45, 7) is 28.0. The first-order chi connectivity index (χ1) is 10.1. The van der Waals surface area contributed by atoms with Crippen LogP contribution in [0.2, 0.25) is 0 Å². The van der Waals surface area contributed by atoms with E-state index in [4.69, 9.17) is 0 Å². The van der Waals surface area contributed by atoms with Crippen molar-refractivity contribution in [2.45, 2.75) is 69.2 Å². The molecule has 0 atom stereocenters. The first-order valence-electron chi connectivity index (χ1n) is 8.00. The van der Waals surface area contributed by atoms with Gasteiger partial charge in [-0.1, -0.05) is 83.1 Å². The van der Waals surface area contributed by atoms with Crippen LogP contribution in [0.3, 0.4) is 0 Å². The van der Waals surface area contributed by atoms with Gasteiger partial charge in [0.2, 0.25) is 0 Å². The van der Waals surface area contributed by atoms with E-state index in [1.165, 1.54) is 59.2 Å². The molecular formula is C22H34Ti. The second-order valence-corrected chi connectivity index (χ2v) is 6.25. The average molecular weight is 346 g/mol. The van der Waals surface area contributed by atoms with Crippen LogP contribution in [0.1, 0.15) is 69.2 Å². The normalized spacial score (nSPS) is 25.0. The van der Waals surface area contributed by atoms with Crippen molar-refractivity contribution in [3.8, 4) is 0 Å². The van der Waals surface area contributed by atoms with Gasteiger partial charge in [0.1, 0.15) is 0 Å². The molecule has 0 aliphatic heterocycles. The van der Waals surface area contributed by atoms with Gasteiger partial charge in [-0.3, -0.25) is 0 Å². The van der Waals surface area contributed by atoms with E-state index in [0.29, 0.717) is 0 Å². The predicted octanol–water partition coefficient (Wildman–Crippen LogP) is 6.60. The van der Waals surface area contributed by atoms with Crippen LogP contribution in [0, 0.1) is 73.0 Å². The fourth-order valence-electron chi connectivity index (χ4n) is 2.81. The van der Waals surface area contributed by atoms with Crippen LogP contribution in [0.4, 0.5) is 0 Å². The number of hydrogen-bond acceptors (Lipinski definition) is 0. The van der Waals surface area contributed by atoms with Crippen LogP contribution in [0.25, 0.3) is 0 Å². The molecule has 23 heavy (non-hydrogen) atoms. The molecule has 0 bridgehead atoms. The largest absolute Gasteiger partial charge is 0.0579 e. The first-order valence-corrected chi connectivity index (χ1v) is 8.00. The first kappa shape index (κ1) is 25.9. The van der Waals surface area contributed by atoms with Crippen molar-refractivity contribution < 1.29 is 21.7 Å². The fraction of sp³-hybridized carbons (Fsp3) is 0.455. The van der Waals surface area contributed by atoms with Crippen LogP contribution in [-0.4, -0.2) is 0 Å². The van der Waals surface area contributed by atoms with Crippen molar-refractivity contribution in [3.63, 3.8) is 0 Å². The molecule has 2 aliphatic carbocycles. The van der Waals surface area contributed by atoms with E-state index >= 15 is 0 Å². The van der Waals surface area contributed by atoms with Gasteiger partial charge in [0, 0.05) is 21.7 Å². The minimum Gasteiger partial charge on any atom is -0.0579 e. The quantitative estimate of drug-likeness (QED) is 0.434. The maximum absolute atomic E-state index is 3.00. The molecule has 0 aromatic heterocycles. The molecule has 0 saturated heterocycles. The molecule has 1 heteroatoms. The third kappa shape index (κ3) is 5.88. The van der Waals surface area contributed by atoms with Gasteiger partial charge in [0.15, 0.2) is 0 Å². The van der Waals surface area contributed by atoms with Crippen LogP contribution in [-0.2, 0) is 21.7 Å². The minimum atomic E-state index is 0. The zero-order chi connectivity index (χ0) is 17.8. The Morgan fingerprint density at radius 3 is 0.391 bits per heavy atom. The van der Waals surface area contributed by atoms with E-state index in [1.807, 2.05) is 0 Å². The third-order valence-corrected chi connectivity index (χ3v) is 5.62. The van der Waals surface area contributed by atoms with Crippen molar-refractivity contribution in [1.82, 2.24) is 0 Å². The molecule has 2 aliphatic rings. The summed E-state index contributed by atoms with van der Waals surface area (Å²) in [7, 11) is 0. The Bertz CT molecular complexity index is 181. The van der Waals surface area contributed by atoms with E-state index in [-0.39, 0.29) is 21.7 Å². The number of rotatable bonds is 0. The maximum atomic E-state index is 3.00. The Kier molecular flexibility index (Phi) is 12.8. The van der Waals surface area contributed by atoms with Gasteiger partial charge in [0.25, 0.3) is 0 Å². The smallest absolute Gasteiger partial charge is 0 e. The van der Waals surface area contributed by atoms with E-state index in [1.54, 1.807) is 0 Å². The summed E-state index contributed by atoms with van der Waals surface area (Å²) in [5, 5.41) is 0. The molecule has 2 rings (SSSR count). The Morgan fingerprint density at radius 2 is 0.348 bits per heavy atom. The van der Waals surface area contributed by atoms with E-state index < -0.39 is 0 Å². The average Bonchev–Trinajstić information content (AvgIpc) is 2.81. The van der Waals surface area contributed by atoms with Gasteiger partial charge in [-0.05, 0) is 59.2 Å². The molecule has 0 N–H and O–H groups in total. The molecule has 0 nitrogen and oxygen atoms in total.